The molecule has 4 heteroatoms. The quantitative estimate of drug-likeness (QED) is 0.783. The van der Waals surface area contributed by atoms with Crippen molar-refractivity contribution in [2.45, 2.75) is 19.8 Å². The standard InChI is InChI=1S/C17H17N3O/c1-11(2)12-5-7-13(8-6-12)14-10-15(20-17(18)19-14)16-4-3-9-21-16/h3-11H,1-2H3,(H2,18,19,20). The van der Waals surface area contributed by atoms with E-state index < -0.39 is 0 Å². The molecule has 0 bridgehead atoms. The molecule has 0 spiro atoms. The van der Waals surface area contributed by atoms with Gasteiger partial charge in [0.15, 0.2) is 5.76 Å². The average Bonchev–Trinajstić information content (AvgIpc) is 3.01. The van der Waals surface area contributed by atoms with Gasteiger partial charge in [-0.25, -0.2) is 9.97 Å². The number of benzene rings is 1. The Labute approximate surface area is 123 Å². The first-order valence-electron chi connectivity index (χ1n) is 6.92. The van der Waals surface area contributed by atoms with Crippen LogP contribution in [0.5, 0.6) is 0 Å². The number of nitrogens with two attached hydrogens (primary N) is 1. The van der Waals surface area contributed by atoms with Gasteiger partial charge in [-0.1, -0.05) is 38.1 Å². The number of hydrogen-bond acceptors (Lipinski definition) is 4. The molecule has 106 valence electrons. The number of nitrogens with zero attached hydrogens (tertiary/aromatic N) is 2. The molecule has 21 heavy (non-hydrogen) atoms. The van der Waals surface area contributed by atoms with Gasteiger partial charge >= 0.3 is 0 Å². The van der Waals surface area contributed by atoms with Crippen LogP contribution in [0.15, 0.2) is 53.1 Å². The van der Waals surface area contributed by atoms with Gasteiger partial charge in [0.2, 0.25) is 5.95 Å². The van der Waals surface area contributed by atoms with Crippen molar-refractivity contribution in [3.63, 3.8) is 0 Å². The first kappa shape index (κ1) is 13.4. The van der Waals surface area contributed by atoms with Gasteiger partial charge in [0, 0.05) is 5.56 Å². The summed E-state index contributed by atoms with van der Waals surface area (Å²) in [6, 6.07) is 13.9. The minimum Gasteiger partial charge on any atom is -0.463 e. The molecule has 2 aromatic heterocycles. The fraction of sp³-hybridized carbons (Fsp3) is 0.176. The van der Waals surface area contributed by atoms with E-state index in [4.69, 9.17) is 10.2 Å². The second-order valence-corrected chi connectivity index (χ2v) is 5.25. The number of rotatable bonds is 3. The predicted molar refractivity (Wildman–Crippen MR) is 83.7 cm³/mol. The molecule has 3 aromatic rings. The first-order valence-corrected chi connectivity index (χ1v) is 6.92. The summed E-state index contributed by atoms with van der Waals surface area (Å²) >= 11 is 0. The van der Waals surface area contributed by atoms with Crippen molar-refractivity contribution in [3.8, 4) is 22.7 Å². The molecular formula is C17H17N3O. The van der Waals surface area contributed by atoms with Gasteiger partial charge in [-0.05, 0) is 29.7 Å². The van der Waals surface area contributed by atoms with Gasteiger partial charge in [-0.15, -0.1) is 0 Å². The fourth-order valence-electron chi connectivity index (χ4n) is 2.20. The summed E-state index contributed by atoms with van der Waals surface area (Å²) in [4.78, 5) is 8.53. The normalized spacial score (nSPS) is 11.0. The van der Waals surface area contributed by atoms with Gasteiger partial charge in [-0.2, -0.15) is 0 Å². The van der Waals surface area contributed by atoms with E-state index in [0.29, 0.717) is 17.4 Å². The van der Waals surface area contributed by atoms with Crippen molar-refractivity contribution < 1.29 is 4.42 Å². The summed E-state index contributed by atoms with van der Waals surface area (Å²) in [6.07, 6.45) is 1.62. The summed E-state index contributed by atoms with van der Waals surface area (Å²) in [5.41, 5.74) is 9.62. The maximum atomic E-state index is 5.82. The minimum absolute atomic E-state index is 0.242. The summed E-state index contributed by atoms with van der Waals surface area (Å²) in [7, 11) is 0. The highest BCUT2D eigenvalue weighted by atomic mass is 16.3. The van der Waals surface area contributed by atoms with Crippen LogP contribution in [-0.4, -0.2) is 9.97 Å². The van der Waals surface area contributed by atoms with Gasteiger partial charge in [0.1, 0.15) is 5.69 Å². The molecule has 0 fully saturated rings. The molecule has 2 heterocycles. The van der Waals surface area contributed by atoms with Crippen LogP contribution < -0.4 is 5.73 Å². The van der Waals surface area contributed by atoms with Crippen molar-refractivity contribution in [1.29, 1.82) is 0 Å². The number of nitrogen functional groups attached to an aromatic ring is 1. The molecule has 0 saturated heterocycles. The molecule has 0 aliphatic carbocycles. The summed E-state index contributed by atoms with van der Waals surface area (Å²) in [6.45, 7) is 4.35. The maximum absolute atomic E-state index is 5.82. The highest BCUT2D eigenvalue weighted by Gasteiger charge is 2.09. The van der Waals surface area contributed by atoms with E-state index in [1.807, 2.05) is 18.2 Å². The average molecular weight is 279 g/mol. The van der Waals surface area contributed by atoms with Gasteiger partial charge in [0.05, 0.1) is 12.0 Å². The van der Waals surface area contributed by atoms with Crippen molar-refractivity contribution in [1.82, 2.24) is 9.97 Å². The van der Waals surface area contributed by atoms with Crippen LogP contribution in [0.4, 0.5) is 5.95 Å². The smallest absolute Gasteiger partial charge is 0.221 e. The molecule has 0 atom stereocenters. The third-order valence-corrected chi connectivity index (χ3v) is 3.39. The van der Waals surface area contributed by atoms with Crippen molar-refractivity contribution >= 4 is 5.95 Å². The number of anilines is 1. The first-order chi connectivity index (χ1) is 10.1. The van der Waals surface area contributed by atoms with Gasteiger partial charge in [0.25, 0.3) is 0 Å². The predicted octanol–water partition coefficient (Wildman–Crippen LogP) is 4.11. The Morgan fingerprint density at radius 3 is 2.33 bits per heavy atom. The Morgan fingerprint density at radius 2 is 1.71 bits per heavy atom. The molecule has 3 rings (SSSR count). The zero-order valence-corrected chi connectivity index (χ0v) is 12.1. The number of aromatic nitrogens is 2. The van der Waals surface area contributed by atoms with Crippen LogP contribution in [0.2, 0.25) is 0 Å². The largest absolute Gasteiger partial charge is 0.463 e. The number of furan rings is 1. The molecule has 0 aliphatic heterocycles. The Morgan fingerprint density at radius 1 is 1.00 bits per heavy atom. The van der Waals surface area contributed by atoms with Crippen molar-refractivity contribution in [2.75, 3.05) is 5.73 Å². The van der Waals surface area contributed by atoms with E-state index >= 15 is 0 Å². The monoisotopic (exact) mass is 279 g/mol. The Hall–Kier alpha value is -2.62. The Bertz CT molecular complexity index is 731. The molecule has 0 unspecified atom stereocenters. The molecule has 0 radical (unpaired) electrons. The zero-order chi connectivity index (χ0) is 14.8. The van der Waals surface area contributed by atoms with E-state index in [1.54, 1.807) is 6.26 Å². The highest BCUT2D eigenvalue weighted by molar-refractivity contribution is 5.67. The lowest BCUT2D eigenvalue weighted by Gasteiger charge is -2.08. The maximum Gasteiger partial charge on any atom is 0.221 e. The summed E-state index contributed by atoms with van der Waals surface area (Å²) < 4.78 is 5.37. The molecular weight excluding hydrogens is 262 g/mol. The van der Waals surface area contributed by atoms with Crippen LogP contribution in [0.25, 0.3) is 22.7 Å². The molecule has 0 saturated carbocycles. The topological polar surface area (TPSA) is 64.9 Å². The number of hydrogen-bond donors (Lipinski definition) is 1. The lowest BCUT2D eigenvalue weighted by atomic mass is 10.0. The van der Waals surface area contributed by atoms with Crippen LogP contribution in [-0.2, 0) is 0 Å². The van der Waals surface area contributed by atoms with Gasteiger partial charge in [-0.3, -0.25) is 0 Å². The molecule has 2 N–H and O–H groups in total. The molecule has 0 aliphatic rings. The van der Waals surface area contributed by atoms with Crippen LogP contribution in [0, 0.1) is 0 Å². The van der Waals surface area contributed by atoms with Gasteiger partial charge < -0.3 is 10.2 Å². The van der Waals surface area contributed by atoms with E-state index in [1.165, 1.54) is 5.56 Å². The van der Waals surface area contributed by atoms with Crippen molar-refractivity contribution in [3.05, 3.63) is 54.3 Å². The third-order valence-electron chi connectivity index (χ3n) is 3.39. The van der Waals surface area contributed by atoms with E-state index in [9.17, 15) is 0 Å². The van der Waals surface area contributed by atoms with E-state index in [2.05, 4.69) is 48.1 Å². The second-order valence-electron chi connectivity index (χ2n) is 5.25. The lowest BCUT2D eigenvalue weighted by molar-refractivity contribution is 0.580. The highest BCUT2D eigenvalue weighted by Crippen LogP contribution is 2.26. The molecule has 0 amide bonds. The third kappa shape index (κ3) is 2.79. The summed E-state index contributed by atoms with van der Waals surface area (Å²) in [5.74, 6) is 1.43. The molecule has 1 aromatic carbocycles. The Balaban J connectivity index is 2.02. The van der Waals surface area contributed by atoms with Crippen LogP contribution >= 0.6 is 0 Å². The SMILES string of the molecule is CC(C)c1ccc(-c2cc(-c3ccco3)nc(N)n2)cc1. The fourth-order valence-corrected chi connectivity index (χ4v) is 2.20. The second kappa shape index (κ2) is 5.40. The van der Waals surface area contributed by atoms with E-state index in [0.717, 1.165) is 11.3 Å². The zero-order valence-electron chi connectivity index (χ0n) is 12.1. The summed E-state index contributed by atoms with van der Waals surface area (Å²) in [5, 5.41) is 0. The minimum atomic E-state index is 0.242. The van der Waals surface area contributed by atoms with Crippen LogP contribution in [0.1, 0.15) is 25.3 Å². The lowest BCUT2D eigenvalue weighted by Crippen LogP contribution is -1.98. The van der Waals surface area contributed by atoms with Crippen molar-refractivity contribution in [2.24, 2.45) is 0 Å². The van der Waals surface area contributed by atoms with Crippen LogP contribution in [0.3, 0.4) is 0 Å². The van der Waals surface area contributed by atoms with E-state index in [-0.39, 0.29) is 5.95 Å². The molecule has 4 nitrogen and oxygen atoms in total. The Kier molecular flexibility index (Phi) is 3.44.